The van der Waals surface area contributed by atoms with Crippen LogP contribution in [-0.4, -0.2) is 32.1 Å². The van der Waals surface area contributed by atoms with Crippen LogP contribution >= 0.6 is 15.9 Å². The molecule has 0 atom stereocenters. The van der Waals surface area contributed by atoms with Crippen LogP contribution in [0.15, 0.2) is 22.7 Å². The molecule has 18 heavy (non-hydrogen) atoms. The fourth-order valence-electron chi connectivity index (χ4n) is 1.36. The van der Waals surface area contributed by atoms with Gasteiger partial charge in [-0.1, -0.05) is 22.0 Å². The fraction of sp³-hybridized carbons (Fsp3) is 0.417. The molecule has 0 heterocycles. The van der Waals surface area contributed by atoms with Crippen molar-refractivity contribution >= 4 is 21.8 Å². The van der Waals surface area contributed by atoms with Crippen molar-refractivity contribution in [3.05, 3.63) is 33.8 Å². The van der Waals surface area contributed by atoms with E-state index in [4.69, 9.17) is 0 Å². The standard InChI is InChI=1S/C12H14BrF2NO2/c1-8-9(3-2-4-10(8)13)12(17)16-5-6-18-7-11(14)15/h2-4,11H,5-7H2,1H3,(H,16,17). The number of carbonyl (C=O) groups excluding carboxylic acids is 1. The fourth-order valence-corrected chi connectivity index (χ4v) is 1.72. The summed E-state index contributed by atoms with van der Waals surface area (Å²) in [5.41, 5.74) is 1.39. The minimum Gasteiger partial charge on any atom is -0.374 e. The summed E-state index contributed by atoms with van der Waals surface area (Å²) in [5, 5.41) is 2.61. The van der Waals surface area contributed by atoms with E-state index < -0.39 is 13.0 Å². The van der Waals surface area contributed by atoms with Crippen molar-refractivity contribution in [2.24, 2.45) is 0 Å². The van der Waals surface area contributed by atoms with Gasteiger partial charge in [0.1, 0.15) is 6.61 Å². The average molecular weight is 322 g/mol. The zero-order valence-corrected chi connectivity index (χ0v) is 11.5. The van der Waals surface area contributed by atoms with Crippen molar-refractivity contribution in [3.63, 3.8) is 0 Å². The molecule has 6 heteroatoms. The van der Waals surface area contributed by atoms with E-state index >= 15 is 0 Å². The first-order valence-electron chi connectivity index (χ1n) is 5.41. The van der Waals surface area contributed by atoms with Crippen molar-refractivity contribution in [1.82, 2.24) is 5.32 Å². The first-order valence-corrected chi connectivity index (χ1v) is 6.21. The number of benzene rings is 1. The van der Waals surface area contributed by atoms with E-state index in [0.29, 0.717) is 5.56 Å². The summed E-state index contributed by atoms with van der Waals surface area (Å²) in [6.07, 6.45) is -2.48. The van der Waals surface area contributed by atoms with Crippen LogP contribution in [0.3, 0.4) is 0 Å². The largest absolute Gasteiger partial charge is 0.374 e. The number of halogens is 3. The van der Waals surface area contributed by atoms with Crippen molar-refractivity contribution in [2.45, 2.75) is 13.3 Å². The van der Waals surface area contributed by atoms with Gasteiger partial charge >= 0.3 is 0 Å². The molecule has 1 amide bonds. The molecule has 0 spiro atoms. The van der Waals surface area contributed by atoms with E-state index in [-0.39, 0.29) is 19.1 Å². The highest BCUT2D eigenvalue weighted by Gasteiger charge is 2.10. The third-order valence-corrected chi connectivity index (χ3v) is 3.15. The van der Waals surface area contributed by atoms with Gasteiger partial charge in [0.05, 0.1) is 6.61 Å². The molecule has 0 saturated heterocycles. The molecule has 0 aromatic heterocycles. The molecule has 0 radical (unpaired) electrons. The Hall–Kier alpha value is -1.01. The second kappa shape index (κ2) is 7.43. The number of nitrogens with one attached hydrogen (secondary N) is 1. The lowest BCUT2D eigenvalue weighted by molar-refractivity contribution is 0.0188. The molecule has 100 valence electrons. The third-order valence-electron chi connectivity index (χ3n) is 2.29. The summed E-state index contributed by atoms with van der Waals surface area (Å²) in [5.74, 6) is -0.241. The highest BCUT2D eigenvalue weighted by atomic mass is 79.9. The zero-order valence-electron chi connectivity index (χ0n) is 9.88. The minimum atomic E-state index is -2.48. The summed E-state index contributed by atoms with van der Waals surface area (Å²) in [4.78, 5) is 11.8. The summed E-state index contributed by atoms with van der Waals surface area (Å²) >= 11 is 3.34. The number of hydrogen-bond acceptors (Lipinski definition) is 2. The Kier molecular flexibility index (Phi) is 6.21. The average Bonchev–Trinajstić information content (AvgIpc) is 2.31. The van der Waals surface area contributed by atoms with E-state index in [0.717, 1.165) is 10.0 Å². The van der Waals surface area contributed by atoms with Crippen LogP contribution in [0.4, 0.5) is 8.78 Å². The monoisotopic (exact) mass is 321 g/mol. The van der Waals surface area contributed by atoms with Crippen molar-refractivity contribution < 1.29 is 18.3 Å². The topological polar surface area (TPSA) is 38.3 Å². The van der Waals surface area contributed by atoms with Gasteiger partial charge in [-0.15, -0.1) is 0 Å². The van der Waals surface area contributed by atoms with Crippen LogP contribution in [0.1, 0.15) is 15.9 Å². The van der Waals surface area contributed by atoms with Gasteiger partial charge in [-0.3, -0.25) is 4.79 Å². The van der Waals surface area contributed by atoms with Crippen LogP contribution < -0.4 is 5.32 Å². The maximum absolute atomic E-state index is 11.8. The number of alkyl halides is 2. The first-order chi connectivity index (χ1) is 8.52. The second-order valence-corrected chi connectivity index (χ2v) is 4.49. The molecule has 1 aromatic carbocycles. The van der Waals surface area contributed by atoms with E-state index in [1.165, 1.54) is 0 Å². The normalized spacial score (nSPS) is 10.7. The number of rotatable bonds is 6. The van der Waals surface area contributed by atoms with Gasteiger partial charge in [0.15, 0.2) is 0 Å². The maximum Gasteiger partial charge on any atom is 0.261 e. The smallest absolute Gasteiger partial charge is 0.261 e. The van der Waals surface area contributed by atoms with E-state index in [1.54, 1.807) is 12.1 Å². The number of amides is 1. The molecule has 0 aliphatic rings. The Balaban J connectivity index is 2.39. The van der Waals surface area contributed by atoms with Gasteiger partial charge in [0, 0.05) is 16.6 Å². The molecule has 1 rings (SSSR count). The van der Waals surface area contributed by atoms with Crippen LogP contribution in [0.5, 0.6) is 0 Å². The lowest BCUT2D eigenvalue weighted by atomic mass is 10.1. The van der Waals surface area contributed by atoms with Crippen LogP contribution in [0.25, 0.3) is 0 Å². The predicted molar refractivity (Wildman–Crippen MR) is 68.0 cm³/mol. The molecule has 0 bridgehead atoms. The van der Waals surface area contributed by atoms with Gasteiger partial charge in [0.2, 0.25) is 0 Å². The van der Waals surface area contributed by atoms with Crippen molar-refractivity contribution in [2.75, 3.05) is 19.8 Å². The second-order valence-electron chi connectivity index (χ2n) is 3.63. The molecule has 0 fully saturated rings. The van der Waals surface area contributed by atoms with Gasteiger partial charge in [-0.2, -0.15) is 0 Å². The highest BCUT2D eigenvalue weighted by molar-refractivity contribution is 9.10. The van der Waals surface area contributed by atoms with Gasteiger partial charge in [-0.25, -0.2) is 8.78 Å². The Morgan fingerprint density at radius 1 is 1.50 bits per heavy atom. The Morgan fingerprint density at radius 3 is 2.89 bits per heavy atom. The lowest BCUT2D eigenvalue weighted by Gasteiger charge is -2.09. The zero-order chi connectivity index (χ0) is 13.5. The van der Waals surface area contributed by atoms with Crippen molar-refractivity contribution in [3.8, 4) is 0 Å². The predicted octanol–water partition coefficient (Wildman–Crippen LogP) is 2.77. The SMILES string of the molecule is Cc1c(Br)cccc1C(=O)NCCOCC(F)F. The Labute approximate surface area is 113 Å². The van der Waals surface area contributed by atoms with Crippen LogP contribution in [-0.2, 0) is 4.74 Å². The molecule has 0 unspecified atom stereocenters. The van der Waals surface area contributed by atoms with E-state index in [1.807, 2.05) is 13.0 Å². The van der Waals surface area contributed by atoms with Crippen LogP contribution in [0, 0.1) is 6.92 Å². The number of hydrogen-bond donors (Lipinski definition) is 1. The van der Waals surface area contributed by atoms with Gasteiger partial charge < -0.3 is 10.1 Å². The quantitative estimate of drug-likeness (QED) is 0.818. The summed E-state index contributed by atoms with van der Waals surface area (Å²) in [7, 11) is 0. The molecular formula is C12H14BrF2NO2. The van der Waals surface area contributed by atoms with E-state index in [9.17, 15) is 13.6 Å². The highest BCUT2D eigenvalue weighted by Crippen LogP contribution is 2.19. The summed E-state index contributed by atoms with van der Waals surface area (Å²) < 4.78 is 29.0. The van der Waals surface area contributed by atoms with Gasteiger partial charge in [-0.05, 0) is 24.6 Å². The summed E-state index contributed by atoms with van der Waals surface area (Å²) in [6.45, 7) is 1.50. The van der Waals surface area contributed by atoms with E-state index in [2.05, 4.69) is 26.0 Å². The Bertz CT molecular complexity index is 413. The summed E-state index contributed by atoms with van der Waals surface area (Å²) in [6, 6.07) is 5.31. The van der Waals surface area contributed by atoms with Gasteiger partial charge in [0.25, 0.3) is 12.3 Å². The molecule has 0 aliphatic carbocycles. The lowest BCUT2D eigenvalue weighted by Crippen LogP contribution is -2.28. The third kappa shape index (κ3) is 4.70. The molecule has 1 aromatic rings. The molecular weight excluding hydrogens is 308 g/mol. The molecule has 3 nitrogen and oxygen atoms in total. The molecule has 1 N–H and O–H groups in total. The minimum absolute atomic E-state index is 0.0726. The molecule has 0 aliphatic heterocycles. The number of ether oxygens (including phenoxy) is 1. The first kappa shape index (κ1) is 15.0. The van der Waals surface area contributed by atoms with Crippen molar-refractivity contribution in [1.29, 1.82) is 0 Å². The Morgan fingerprint density at radius 2 is 2.22 bits per heavy atom. The maximum atomic E-state index is 11.8. The molecule has 0 saturated carbocycles. The number of carbonyl (C=O) groups is 1. The van der Waals surface area contributed by atoms with Crippen LogP contribution in [0.2, 0.25) is 0 Å².